The highest BCUT2D eigenvalue weighted by Gasteiger charge is 2.14. The molecule has 0 radical (unpaired) electrons. The summed E-state index contributed by atoms with van der Waals surface area (Å²) >= 11 is 0. The van der Waals surface area contributed by atoms with Crippen molar-refractivity contribution < 1.29 is 14.3 Å². The van der Waals surface area contributed by atoms with Crippen molar-refractivity contribution in [2.75, 3.05) is 6.54 Å². The Morgan fingerprint density at radius 2 is 1.95 bits per heavy atom. The fourth-order valence-electron chi connectivity index (χ4n) is 1.59. The predicted octanol–water partition coefficient (Wildman–Crippen LogP) is 3.07. The van der Waals surface area contributed by atoms with E-state index in [9.17, 15) is 9.59 Å². The van der Waals surface area contributed by atoms with Crippen LogP contribution in [0.2, 0.25) is 0 Å². The molecular formula is C17H21NO3. The van der Waals surface area contributed by atoms with E-state index < -0.39 is 11.7 Å². The molecule has 112 valence electrons. The lowest BCUT2D eigenvalue weighted by molar-refractivity contribution is 0.0535. The number of hydrogen-bond donors (Lipinski definition) is 1. The molecule has 0 saturated heterocycles. The van der Waals surface area contributed by atoms with Crippen LogP contribution >= 0.6 is 0 Å². The predicted molar refractivity (Wildman–Crippen MR) is 82.3 cm³/mol. The van der Waals surface area contributed by atoms with Crippen molar-refractivity contribution in [3.63, 3.8) is 0 Å². The van der Waals surface area contributed by atoms with E-state index in [2.05, 4.69) is 17.2 Å². The van der Waals surface area contributed by atoms with Crippen molar-refractivity contribution in [3.05, 3.63) is 34.9 Å². The summed E-state index contributed by atoms with van der Waals surface area (Å²) < 4.78 is 5.10. The molecule has 21 heavy (non-hydrogen) atoms. The summed E-state index contributed by atoms with van der Waals surface area (Å²) in [6, 6.07) is 5.38. The SMILES string of the molecule is CC(=O)c1ccc(C#CCNC(=O)OC(C)(C)C)c(C)c1. The van der Waals surface area contributed by atoms with Crippen LogP contribution in [0.4, 0.5) is 4.79 Å². The molecule has 0 unspecified atom stereocenters. The minimum atomic E-state index is -0.517. The Kier molecular flexibility index (Phi) is 5.54. The molecule has 0 spiro atoms. The Morgan fingerprint density at radius 1 is 1.29 bits per heavy atom. The molecule has 0 aliphatic heterocycles. The summed E-state index contributed by atoms with van der Waals surface area (Å²) in [5.74, 6) is 5.86. The number of hydrogen-bond acceptors (Lipinski definition) is 3. The number of carbonyl (C=O) groups excluding carboxylic acids is 2. The van der Waals surface area contributed by atoms with Crippen LogP contribution < -0.4 is 5.32 Å². The first kappa shape index (κ1) is 16.8. The van der Waals surface area contributed by atoms with Gasteiger partial charge >= 0.3 is 6.09 Å². The fourth-order valence-corrected chi connectivity index (χ4v) is 1.59. The Morgan fingerprint density at radius 3 is 2.48 bits per heavy atom. The van der Waals surface area contributed by atoms with Crippen LogP contribution in [0.3, 0.4) is 0 Å². The molecule has 0 heterocycles. The van der Waals surface area contributed by atoms with E-state index >= 15 is 0 Å². The average Bonchev–Trinajstić information content (AvgIpc) is 2.33. The molecule has 0 aliphatic carbocycles. The number of ether oxygens (including phenoxy) is 1. The summed E-state index contributed by atoms with van der Waals surface area (Å²) in [7, 11) is 0. The molecule has 0 aliphatic rings. The van der Waals surface area contributed by atoms with Gasteiger partial charge in [0.15, 0.2) is 5.78 Å². The zero-order chi connectivity index (χ0) is 16.0. The van der Waals surface area contributed by atoms with Gasteiger partial charge in [0.1, 0.15) is 5.60 Å². The fraction of sp³-hybridized carbons (Fsp3) is 0.412. The van der Waals surface area contributed by atoms with E-state index in [-0.39, 0.29) is 12.3 Å². The summed E-state index contributed by atoms with van der Waals surface area (Å²) in [4.78, 5) is 22.7. The van der Waals surface area contributed by atoms with Gasteiger partial charge in [-0.05, 0) is 52.3 Å². The molecule has 1 aromatic rings. The number of ketones is 1. The summed E-state index contributed by atoms with van der Waals surface area (Å²) in [6.45, 7) is 9.06. The van der Waals surface area contributed by atoms with Gasteiger partial charge in [0.25, 0.3) is 0 Å². The van der Waals surface area contributed by atoms with Crippen LogP contribution in [-0.2, 0) is 4.74 Å². The zero-order valence-corrected chi connectivity index (χ0v) is 13.2. The Hall–Kier alpha value is -2.28. The standard InChI is InChI=1S/C17H21NO3/c1-12-11-15(13(2)19)9-8-14(12)7-6-10-18-16(20)21-17(3,4)5/h8-9,11H,10H2,1-5H3,(H,18,20). The number of Topliss-reactive ketones (excluding diaryl/α,β-unsaturated/α-hetero) is 1. The number of carbonyl (C=O) groups is 2. The summed E-state index contributed by atoms with van der Waals surface area (Å²) in [6.07, 6.45) is -0.486. The van der Waals surface area contributed by atoms with E-state index in [0.29, 0.717) is 5.56 Å². The van der Waals surface area contributed by atoms with E-state index in [0.717, 1.165) is 11.1 Å². The Labute approximate surface area is 125 Å². The highest BCUT2D eigenvalue weighted by Crippen LogP contribution is 2.10. The monoisotopic (exact) mass is 287 g/mol. The lowest BCUT2D eigenvalue weighted by Crippen LogP contribution is -2.32. The molecule has 0 atom stereocenters. The molecule has 0 saturated carbocycles. The van der Waals surface area contributed by atoms with E-state index in [1.165, 1.54) is 6.92 Å². The van der Waals surface area contributed by atoms with Gasteiger partial charge in [-0.15, -0.1) is 0 Å². The number of alkyl carbamates (subject to hydrolysis) is 1. The number of amides is 1. The molecule has 4 heteroatoms. The lowest BCUT2D eigenvalue weighted by Gasteiger charge is -2.19. The number of benzene rings is 1. The second-order valence-corrected chi connectivity index (χ2v) is 5.74. The largest absolute Gasteiger partial charge is 0.444 e. The van der Waals surface area contributed by atoms with Gasteiger partial charge < -0.3 is 10.1 Å². The summed E-state index contributed by atoms with van der Waals surface area (Å²) in [5, 5.41) is 2.57. The third-order valence-corrected chi connectivity index (χ3v) is 2.58. The van der Waals surface area contributed by atoms with Crippen molar-refractivity contribution in [3.8, 4) is 11.8 Å². The van der Waals surface area contributed by atoms with Gasteiger partial charge in [-0.2, -0.15) is 0 Å². The molecule has 4 nitrogen and oxygen atoms in total. The molecular weight excluding hydrogens is 266 g/mol. The van der Waals surface area contributed by atoms with E-state index in [1.807, 2.05) is 19.1 Å². The molecule has 0 fully saturated rings. The Bertz CT molecular complexity index is 601. The lowest BCUT2D eigenvalue weighted by atomic mass is 10.0. The second kappa shape index (κ2) is 6.94. The molecule has 1 amide bonds. The van der Waals surface area contributed by atoms with Crippen molar-refractivity contribution in [2.45, 2.75) is 40.2 Å². The maximum absolute atomic E-state index is 11.4. The maximum atomic E-state index is 11.4. The van der Waals surface area contributed by atoms with Gasteiger partial charge in [-0.3, -0.25) is 4.79 Å². The van der Waals surface area contributed by atoms with Gasteiger partial charge in [0.05, 0.1) is 6.54 Å². The first-order valence-corrected chi connectivity index (χ1v) is 6.76. The smallest absolute Gasteiger partial charge is 0.408 e. The number of nitrogens with one attached hydrogen (secondary N) is 1. The van der Waals surface area contributed by atoms with Crippen molar-refractivity contribution in [1.29, 1.82) is 0 Å². The normalized spacial score (nSPS) is 10.3. The number of aryl methyl sites for hydroxylation is 1. The Balaban J connectivity index is 2.60. The third kappa shape index (κ3) is 6.13. The van der Waals surface area contributed by atoms with Crippen LogP contribution in [0.25, 0.3) is 0 Å². The van der Waals surface area contributed by atoms with Crippen LogP contribution in [0.1, 0.15) is 49.2 Å². The maximum Gasteiger partial charge on any atom is 0.408 e. The minimum absolute atomic E-state index is 0.0317. The first-order chi connectivity index (χ1) is 9.69. The van der Waals surface area contributed by atoms with E-state index in [1.54, 1.807) is 26.8 Å². The molecule has 1 N–H and O–H groups in total. The quantitative estimate of drug-likeness (QED) is 0.672. The van der Waals surface area contributed by atoms with Gasteiger partial charge in [-0.1, -0.05) is 17.9 Å². The van der Waals surface area contributed by atoms with Crippen molar-refractivity contribution in [2.24, 2.45) is 0 Å². The van der Waals surface area contributed by atoms with Crippen molar-refractivity contribution >= 4 is 11.9 Å². The highest BCUT2D eigenvalue weighted by molar-refractivity contribution is 5.94. The van der Waals surface area contributed by atoms with Gasteiger partial charge in [0.2, 0.25) is 0 Å². The zero-order valence-electron chi connectivity index (χ0n) is 13.2. The van der Waals surface area contributed by atoms with Crippen LogP contribution in [0, 0.1) is 18.8 Å². The molecule has 0 aromatic heterocycles. The molecule has 1 rings (SSSR count). The van der Waals surface area contributed by atoms with Gasteiger partial charge in [0, 0.05) is 11.1 Å². The van der Waals surface area contributed by atoms with Crippen LogP contribution in [0.15, 0.2) is 18.2 Å². The number of rotatable bonds is 2. The van der Waals surface area contributed by atoms with E-state index in [4.69, 9.17) is 4.74 Å². The third-order valence-electron chi connectivity index (χ3n) is 2.58. The highest BCUT2D eigenvalue weighted by atomic mass is 16.6. The summed E-state index contributed by atoms with van der Waals surface area (Å²) in [5.41, 5.74) is 1.93. The van der Waals surface area contributed by atoms with Gasteiger partial charge in [-0.25, -0.2) is 4.79 Å². The van der Waals surface area contributed by atoms with Crippen LogP contribution in [-0.4, -0.2) is 24.0 Å². The minimum Gasteiger partial charge on any atom is -0.444 e. The molecule has 1 aromatic carbocycles. The van der Waals surface area contributed by atoms with Crippen LogP contribution in [0.5, 0.6) is 0 Å². The topological polar surface area (TPSA) is 55.4 Å². The van der Waals surface area contributed by atoms with Crippen molar-refractivity contribution in [1.82, 2.24) is 5.32 Å². The molecule has 0 bridgehead atoms. The first-order valence-electron chi connectivity index (χ1n) is 6.76. The second-order valence-electron chi connectivity index (χ2n) is 5.74. The average molecular weight is 287 g/mol.